The number of carbonyl (C=O) groups excluding carboxylic acids is 1. The highest BCUT2D eigenvalue weighted by atomic mass is 79.9. The molecule has 0 aliphatic heterocycles. The lowest BCUT2D eigenvalue weighted by Gasteiger charge is -2.06. The fraction of sp³-hybridized carbons (Fsp3) is 0.231. The molecule has 0 aliphatic carbocycles. The van der Waals surface area contributed by atoms with E-state index in [9.17, 15) is 9.18 Å². The van der Waals surface area contributed by atoms with Gasteiger partial charge in [-0.25, -0.2) is 4.39 Å². The predicted molar refractivity (Wildman–Crippen MR) is 74.7 cm³/mol. The molecule has 0 radical (unpaired) electrons. The van der Waals surface area contributed by atoms with E-state index in [2.05, 4.69) is 26.3 Å². The molecule has 4 nitrogen and oxygen atoms in total. The molecule has 19 heavy (non-hydrogen) atoms. The van der Waals surface area contributed by atoms with Gasteiger partial charge >= 0.3 is 0 Å². The first-order valence-electron chi connectivity index (χ1n) is 5.78. The molecule has 1 N–H and O–H groups in total. The molecule has 1 amide bonds. The SMILES string of the molecule is CC(C)n1cc(NC(=O)c2cccc(F)c2Br)cn1. The van der Waals surface area contributed by atoms with Gasteiger partial charge in [0.15, 0.2) is 0 Å². The number of nitrogens with zero attached hydrogens (tertiary/aromatic N) is 2. The topological polar surface area (TPSA) is 46.9 Å². The molecule has 1 aromatic heterocycles. The van der Waals surface area contributed by atoms with Crippen molar-refractivity contribution in [3.05, 3.63) is 46.4 Å². The van der Waals surface area contributed by atoms with Gasteiger partial charge in [0.2, 0.25) is 0 Å². The van der Waals surface area contributed by atoms with Gasteiger partial charge in [0.25, 0.3) is 5.91 Å². The largest absolute Gasteiger partial charge is 0.319 e. The van der Waals surface area contributed by atoms with E-state index in [1.807, 2.05) is 13.8 Å². The molecular formula is C13H13BrFN3O. The van der Waals surface area contributed by atoms with E-state index >= 15 is 0 Å². The van der Waals surface area contributed by atoms with E-state index in [4.69, 9.17) is 0 Å². The molecule has 0 bridgehead atoms. The Kier molecular flexibility index (Phi) is 3.99. The number of hydrogen-bond donors (Lipinski definition) is 1. The minimum atomic E-state index is -0.467. The third kappa shape index (κ3) is 3.01. The number of rotatable bonds is 3. The van der Waals surface area contributed by atoms with Gasteiger partial charge in [-0.05, 0) is 41.9 Å². The number of benzene rings is 1. The summed E-state index contributed by atoms with van der Waals surface area (Å²) in [5.74, 6) is -0.847. The second-order valence-electron chi connectivity index (χ2n) is 4.36. The van der Waals surface area contributed by atoms with Crippen LogP contribution in [0.2, 0.25) is 0 Å². The number of hydrogen-bond acceptors (Lipinski definition) is 2. The smallest absolute Gasteiger partial charge is 0.257 e. The maximum Gasteiger partial charge on any atom is 0.257 e. The van der Waals surface area contributed by atoms with Crippen LogP contribution >= 0.6 is 15.9 Å². The first kappa shape index (κ1) is 13.7. The van der Waals surface area contributed by atoms with Crippen molar-refractivity contribution in [2.75, 3.05) is 5.32 Å². The monoisotopic (exact) mass is 325 g/mol. The molecule has 0 aliphatic rings. The van der Waals surface area contributed by atoms with Crippen molar-refractivity contribution in [3.8, 4) is 0 Å². The zero-order chi connectivity index (χ0) is 14.0. The standard InChI is InChI=1S/C13H13BrFN3O/c1-8(2)18-7-9(6-16-18)17-13(19)10-4-3-5-11(15)12(10)14/h3-8H,1-2H3,(H,17,19). The Morgan fingerprint density at radius 3 is 2.84 bits per heavy atom. The fourth-order valence-corrected chi connectivity index (χ4v) is 2.01. The Labute approximate surface area is 118 Å². The average molecular weight is 326 g/mol. The molecule has 6 heteroatoms. The number of halogens is 2. The van der Waals surface area contributed by atoms with Gasteiger partial charge in [-0.2, -0.15) is 5.10 Å². The number of carbonyl (C=O) groups is 1. The Bertz CT molecular complexity index is 610. The van der Waals surface area contributed by atoms with Crippen LogP contribution in [0.15, 0.2) is 35.1 Å². The fourth-order valence-electron chi connectivity index (χ4n) is 1.56. The summed E-state index contributed by atoms with van der Waals surface area (Å²) in [7, 11) is 0. The second kappa shape index (κ2) is 5.52. The highest BCUT2D eigenvalue weighted by Gasteiger charge is 2.14. The predicted octanol–water partition coefficient (Wildman–Crippen LogP) is 3.62. The van der Waals surface area contributed by atoms with E-state index in [1.54, 1.807) is 23.1 Å². The third-order valence-electron chi connectivity index (χ3n) is 2.58. The van der Waals surface area contributed by atoms with Crippen LogP contribution in [0.4, 0.5) is 10.1 Å². The van der Waals surface area contributed by atoms with E-state index in [0.29, 0.717) is 5.69 Å². The van der Waals surface area contributed by atoms with Crippen molar-refractivity contribution < 1.29 is 9.18 Å². The highest BCUT2D eigenvalue weighted by Crippen LogP contribution is 2.21. The number of nitrogens with one attached hydrogen (secondary N) is 1. The minimum absolute atomic E-state index is 0.156. The number of aromatic nitrogens is 2. The Hall–Kier alpha value is -1.69. The van der Waals surface area contributed by atoms with Gasteiger partial charge in [0.05, 0.1) is 21.9 Å². The lowest BCUT2D eigenvalue weighted by atomic mass is 10.2. The molecular weight excluding hydrogens is 313 g/mol. The molecule has 100 valence electrons. The quantitative estimate of drug-likeness (QED) is 0.936. The number of anilines is 1. The molecule has 0 unspecified atom stereocenters. The molecule has 0 atom stereocenters. The Balaban J connectivity index is 2.18. The molecule has 0 fully saturated rings. The minimum Gasteiger partial charge on any atom is -0.319 e. The molecule has 0 saturated heterocycles. The summed E-state index contributed by atoms with van der Waals surface area (Å²) >= 11 is 3.07. The van der Waals surface area contributed by atoms with Crippen molar-refractivity contribution in [1.82, 2.24) is 9.78 Å². The van der Waals surface area contributed by atoms with Gasteiger partial charge in [0, 0.05) is 12.2 Å². The van der Waals surface area contributed by atoms with E-state index in [-0.39, 0.29) is 22.0 Å². The molecule has 1 aromatic carbocycles. The van der Waals surface area contributed by atoms with Crippen LogP contribution in [0.1, 0.15) is 30.2 Å². The van der Waals surface area contributed by atoms with Gasteiger partial charge in [-0.15, -0.1) is 0 Å². The summed E-state index contributed by atoms with van der Waals surface area (Å²) in [5.41, 5.74) is 0.826. The van der Waals surface area contributed by atoms with Crippen LogP contribution in [0.25, 0.3) is 0 Å². The Morgan fingerprint density at radius 2 is 2.21 bits per heavy atom. The summed E-state index contributed by atoms with van der Waals surface area (Å²) in [6, 6.07) is 4.55. The van der Waals surface area contributed by atoms with E-state index in [1.165, 1.54) is 12.1 Å². The molecule has 0 saturated carbocycles. The highest BCUT2D eigenvalue weighted by molar-refractivity contribution is 9.10. The van der Waals surface area contributed by atoms with Crippen LogP contribution in [-0.4, -0.2) is 15.7 Å². The van der Waals surface area contributed by atoms with Crippen LogP contribution in [-0.2, 0) is 0 Å². The van der Waals surface area contributed by atoms with Gasteiger partial charge in [-0.3, -0.25) is 9.48 Å². The molecule has 2 aromatic rings. The second-order valence-corrected chi connectivity index (χ2v) is 5.15. The summed E-state index contributed by atoms with van der Waals surface area (Å²) in [5, 5.41) is 6.80. The first-order chi connectivity index (χ1) is 8.99. The van der Waals surface area contributed by atoms with Gasteiger partial charge < -0.3 is 5.32 Å². The zero-order valence-corrected chi connectivity index (χ0v) is 12.1. The van der Waals surface area contributed by atoms with E-state index < -0.39 is 5.82 Å². The van der Waals surface area contributed by atoms with Gasteiger partial charge in [0.1, 0.15) is 5.82 Å². The molecule has 0 spiro atoms. The van der Waals surface area contributed by atoms with Crippen molar-refractivity contribution in [2.24, 2.45) is 0 Å². The first-order valence-corrected chi connectivity index (χ1v) is 6.58. The maximum absolute atomic E-state index is 13.3. The zero-order valence-electron chi connectivity index (χ0n) is 10.5. The summed E-state index contributed by atoms with van der Waals surface area (Å²) in [6.45, 7) is 3.98. The summed E-state index contributed by atoms with van der Waals surface area (Å²) in [4.78, 5) is 12.0. The number of amides is 1. The maximum atomic E-state index is 13.3. The van der Waals surface area contributed by atoms with Crippen LogP contribution in [0, 0.1) is 5.82 Å². The summed E-state index contributed by atoms with van der Waals surface area (Å²) < 4.78 is 15.2. The van der Waals surface area contributed by atoms with Crippen molar-refractivity contribution in [2.45, 2.75) is 19.9 Å². The molecule has 1 heterocycles. The third-order valence-corrected chi connectivity index (χ3v) is 3.39. The van der Waals surface area contributed by atoms with Crippen molar-refractivity contribution in [3.63, 3.8) is 0 Å². The average Bonchev–Trinajstić information content (AvgIpc) is 2.81. The molecule has 2 rings (SSSR count). The van der Waals surface area contributed by atoms with E-state index in [0.717, 1.165) is 0 Å². The van der Waals surface area contributed by atoms with Crippen LogP contribution < -0.4 is 5.32 Å². The lowest BCUT2D eigenvalue weighted by Crippen LogP contribution is -2.12. The van der Waals surface area contributed by atoms with Crippen molar-refractivity contribution in [1.29, 1.82) is 0 Å². The summed E-state index contributed by atoms with van der Waals surface area (Å²) in [6.07, 6.45) is 3.29. The van der Waals surface area contributed by atoms with Crippen LogP contribution in [0.3, 0.4) is 0 Å². The normalized spacial score (nSPS) is 10.8. The van der Waals surface area contributed by atoms with Crippen LogP contribution in [0.5, 0.6) is 0 Å². The Morgan fingerprint density at radius 1 is 1.47 bits per heavy atom. The van der Waals surface area contributed by atoms with Crippen molar-refractivity contribution >= 4 is 27.5 Å². The lowest BCUT2D eigenvalue weighted by molar-refractivity contribution is 0.102. The van der Waals surface area contributed by atoms with Gasteiger partial charge in [-0.1, -0.05) is 6.07 Å².